The van der Waals surface area contributed by atoms with Gasteiger partial charge in [-0.1, -0.05) is 22.9 Å². The zero-order chi connectivity index (χ0) is 11.0. The van der Waals surface area contributed by atoms with Crippen molar-refractivity contribution in [2.45, 2.75) is 26.3 Å². The molecule has 1 aliphatic rings. The molecular formula is C12H17BrN2. The van der Waals surface area contributed by atoms with Crippen LogP contribution in [0.3, 0.4) is 0 Å². The lowest BCUT2D eigenvalue weighted by atomic mass is 10.0. The van der Waals surface area contributed by atoms with Crippen molar-refractivity contribution in [3.05, 3.63) is 22.2 Å². The van der Waals surface area contributed by atoms with Gasteiger partial charge in [0.1, 0.15) is 0 Å². The molecule has 2 rings (SSSR count). The van der Waals surface area contributed by atoms with E-state index in [-0.39, 0.29) is 0 Å². The number of hydrogen-bond acceptors (Lipinski definition) is 2. The summed E-state index contributed by atoms with van der Waals surface area (Å²) in [6.45, 7) is 5.44. The fraction of sp³-hybridized carbons (Fsp3) is 0.500. The molecule has 0 aromatic heterocycles. The summed E-state index contributed by atoms with van der Waals surface area (Å²) in [5.74, 6) is 0. The topological polar surface area (TPSA) is 15.3 Å². The highest BCUT2D eigenvalue weighted by Gasteiger charge is 2.23. The third-order valence-corrected chi connectivity index (χ3v) is 3.62. The van der Waals surface area contributed by atoms with Crippen molar-refractivity contribution in [3.63, 3.8) is 0 Å². The molecule has 82 valence electrons. The zero-order valence-electron chi connectivity index (χ0n) is 9.47. The Balaban J connectivity index is 2.47. The van der Waals surface area contributed by atoms with E-state index >= 15 is 0 Å². The van der Waals surface area contributed by atoms with E-state index in [2.05, 4.69) is 59.2 Å². The van der Waals surface area contributed by atoms with Crippen molar-refractivity contribution in [3.8, 4) is 0 Å². The Morgan fingerprint density at radius 1 is 1.53 bits per heavy atom. The molecule has 0 saturated heterocycles. The van der Waals surface area contributed by atoms with Crippen LogP contribution in [0.4, 0.5) is 11.4 Å². The molecule has 1 aliphatic heterocycles. The summed E-state index contributed by atoms with van der Waals surface area (Å²) in [6.07, 6.45) is 1.18. The fourth-order valence-electron chi connectivity index (χ4n) is 2.30. The monoisotopic (exact) mass is 268 g/mol. The van der Waals surface area contributed by atoms with Crippen molar-refractivity contribution >= 4 is 27.3 Å². The van der Waals surface area contributed by atoms with Gasteiger partial charge in [-0.15, -0.1) is 0 Å². The number of aryl methyl sites for hydroxylation is 1. The van der Waals surface area contributed by atoms with Crippen LogP contribution in [0.25, 0.3) is 0 Å². The van der Waals surface area contributed by atoms with E-state index in [0.717, 1.165) is 11.0 Å². The van der Waals surface area contributed by atoms with E-state index in [1.807, 2.05) is 0 Å². The normalized spacial score (nSPS) is 19.7. The second-order valence-corrected chi connectivity index (χ2v) is 5.09. The van der Waals surface area contributed by atoms with Crippen LogP contribution < -0.4 is 10.2 Å². The molecule has 0 bridgehead atoms. The van der Waals surface area contributed by atoms with Crippen LogP contribution in [0, 0.1) is 6.92 Å². The second-order valence-electron chi connectivity index (χ2n) is 4.17. The summed E-state index contributed by atoms with van der Waals surface area (Å²) in [6, 6.07) is 4.94. The van der Waals surface area contributed by atoms with E-state index in [9.17, 15) is 0 Å². The third kappa shape index (κ3) is 1.85. The van der Waals surface area contributed by atoms with E-state index in [0.29, 0.717) is 6.04 Å². The second kappa shape index (κ2) is 4.05. The molecule has 3 heteroatoms. The first-order chi connectivity index (χ1) is 7.13. The van der Waals surface area contributed by atoms with Gasteiger partial charge in [-0.2, -0.15) is 0 Å². The van der Waals surface area contributed by atoms with Gasteiger partial charge >= 0.3 is 0 Å². The molecule has 0 amide bonds. The third-order valence-electron chi connectivity index (χ3n) is 3.17. The van der Waals surface area contributed by atoms with Crippen LogP contribution in [0.1, 0.15) is 18.9 Å². The molecule has 0 saturated carbocycles. The largest absolute Gasteiger partial charge is 0.381 e. The molecule has 0 fully saturated rings. The molecule has 0 radical (unpaired) electrons. The van der Waals surface area contributed by atoms with Gasteiger partial charge < -0.3 is 10.2 Å². The van der Waals surface area contributed by atoms with Gasteiger partial charge in [-0.25, -0.2) is 0 Å². The summed E-state index contributed by atoms with van der Waals surface area (Å²) in [5.41, 5.74) is 3.91. The SMILES string of the molecule is CCC1CNc2cc(Br)cc(C)c2N1C. The van der Waals surface area contributed by atoms with E-state index in [4.69, 9.17) is 0 Å². The Kier molecular flexibility index (Phi) is 2.91. The Hall–Kier alpha value is -0.700. The summed E-state index contributed by atoms with van der Waals surface area (Å²) in [5, 5.41) is 3.50. The van der Waals surface area contributed by atoms with Gasteiger partial charge in [0.15, 0.2) is 0 Å². The highest BCUT2D eigenvalue weighted by atomic mass is 79.9. The van der Waals surface area contributed by atoms with Gasteiger partial charge in [0.05, 0.1) is 11.4 Å². The Bertz CT molecular complexity index is 376. The predicted molar refractivity (Wildman–Crippen MR) is 69.9 cm³/mol. The lowest BCUT2D eigenvalue weighted by molar-refractivity contribution is 0.621. The molecule has 1 heterocycles. The average Bonchev–Trinajstić information content (AvgIpc) is 2.17. The average molecular weight is 269 g/mol. The van der Waals surface area contributed by atoms with E-state index < -0.39 is 0 Å². The Morgan fingerprint density at radius 3 is 2.93 bits per heavy atom. The number of anilines is 2. The lowest BCUT2D eigenvalue weighted by Gasteiger charge is -2.37. The van der Waals surface area contributed by atoms with Gasteiger partial charge in [0.2, 0.25) is 0 Å². The zero-order valence-corrected chi connectivity index (χ0v) is 11.1. The summed E-state index contributed by atoms with van der Waals surface area (Å²) >= 11 is 3.53. The minimum absolute atomic E-state index is 0.609. The number of likely N-dealkylation sites (N-methyl/N-ethyl adjacent to an activating group) is 1. The number of hydrogen-bond donors (Lipinski definition) is 1. The molecule has 1 N–H and O–H groups in total. The van der Waals surface area contributed by atoms with Gasteiger partial charge in [-0.05, 0) is 31.0 Å². The number of halogens is 1. The number of rotatable bonds is 1. The van der Waals surface area contributed by atoms with Gasteiger partial charge in [-0.3, -0.25) is 0 Å². The molecule has 1 aromatic carbocycles. The van der Waals surface area contributed by atoms with Crippen LogP contribution >= 0.6 is 15.9 Å². The molecule has 1 atom stereocenters. The van der Waals surface area contributed by atoms with E-state index in [1.165, 1.54) is 23.4 Å². The van der Waals surface area contributed by atoms with Gasteiger partial charge in [0.25, 0.3) is 0 Å². The maximum Gasteiger partial charge on any atom is 0.0633 e. The van der Waals surface area contributed by atoms with Crippen molar-refractivity contribution in [1.29, 1.82) is 0 Å². The van der Waals surface area contributed by atoms with Crippen molar-refractivity contribution in [1.82, 2.24) is 0 Å². The smallest absolute Gasteiger partial charge is 0.0633 e. The quantitative estimate of drug-likeness (QED) is 0.840. The lowest BCUT2D eigenvalue weighted by Crippen LogP contribution is -2.41. The van der Waals surface area contributed by atoms with Crippen molar-refractivity contribution < 1.29 is 0 Å². The highest BCUT2D eigenvalue weighted by molar-refractivity contribution is 9.10. The number of nitrogens with one attached hydrogen (secondary N) is 1. The molecule has 1 aromatic rings. The van der Waals surface area contributed by atoms with Gasteiger partial charge in [0, 0.05) is 24.1 Å². The molecular weight excluding hydrogens is 252 g/mol. The van der Waals surface area contributed by atoms with Crippen LogP contribution in [0.5, 0.6) is 0 Å². The van der Waals surface area contributed by atoms with Crippen molar-refractivity contribution in [2.75, 3.05) is 23.8 Å². The first-order valence-corrected chi connectivity index (χ1v) is 6.19. The Morgan fingerprint density at radius 2 is 2.27 bits per heavy atom. The summed E-state index contributed by atoms with van der Waals surface area (Å²) in [4.78, 5) is 2.40. The number of fused-ring (bicyclic) bond motifs is 1. The van der Waals surface area contributed by atoms with Crippen LogP contribution in [-0.2, 0) is 0 Å². The summed E-state index contributed by atoms with van der Waals surface area (Å²) in [7, 11) is 2.19. The molecule has 15 heavy (non-hydrogen) atoms. The molecule has 2 nitrogen and oxygen atoms in total. The number of benzene rings is 1. The maximum atomic E-state index is 3.53. The first-order valence-electron chi connectivity index (χ1n) is 5.40. The fourth-order valence-corrected chi connectivity index (χ4v) is 2.88. The standard InChI is InChI=1S/C12H17BrN2/c1-4-10-7-14-11-6-9(13)5-8(2)12(11)15(10)3/h5-6,10,14H,4,7H2,1-3H3. The first kappa shape index (κ1) is 10.8. The van der Waals surface area contributed by atoms with Crippen LogP contribution in [0.2, 0.25) is 0 Å². The predicted octanol–water partition coefficient (Wildman–Crippen LogP) is 3.40. The number of nitrogens with zero attached hydrogens (tertiary/aromatic N) is 1. The maximum absolute atomic E-state index is 3.53. The van der Waals surface area contributed by atoms with Crippen LogP contribution in [0.15, 0.2) is 16.6 Å². The molecule has 1 unspecified atom stereocenters. The summed E-state index contributed by atoms with van der Waals surface area (Å²) < 4.78 is 1.15. The molecule has 0 aliphatic carbocycles. The van der Waals surface area contributed by atoms with Crippen LogP contribution in [-0.4, -0.2) is 19.6 Å². The minimum Gasteiger partial charge on any atom is -0.381 e. The Labute approximate surface area is 99.8 Å². The van der Waals surface area contributed by atoms with Crippen molar-refractivity contribution in [2.24, 2.45) is 0 Å². The highest BCUT2D eigenvalue weighted by Crippen LogP contribution is 2.36. The molecule has 0 spiro atoms. The van der Waals surface area contributed by atoms with E-state index in [1.54, 1.807) is 0 Å². The minimum atomic E-state index is 0.609.